The van der Waals surface area contributed by atoms with Gasteiger partial charge in [0.05, 0.1) is 12.5 Å². The topological polar surface area (TPSA) is 43.4 Å². The van der Waals surface area contributed by atoms with Crippen LogP contribution in [0.5, 0.6) is 0 Å². The van der Waals surface area contributed by atoms with Gasteiger partial charge in [-0.25, -0.2) is 0 Å². The Balaban J connectivity index is 1.70. The van der Waals surface area contributed by atoms with Crippen LogP contribution in [0.3, 0.4) is 0 Å². The molecule has 0 radical (unpaired) electrons. The largest absolute Gasteiger partial charge is 0.468 e. The molecule has 0 unspecified atom stereocenters. The zero-order chi connectivity index (χ0) is 24.9. The number of fused-ring (bicyclic) bond motifs is 6. The summed E-state index contributed by atoms with van der Waals surface area (Å²) in [6.07, 6.45) is 12.9. The normalized spacial score (nSPS) is 49.5. The predicted octanol–water partition coefficient (Wildman–Crippen LogP) is 7.31. The Morgan fingerprint density at radius 2 is 1.68 bits per heavy atom. The van der Waals surface area contributed by atoms with Crippen LogP contribution in [0, 0.1) is 50.7 Å². The lowest BCUT2D eigenvalue weighted by atomic mass is 9.35. The fraction of sp³-hybridized carbons (Fsp3) is 0.806. The zero-order valence-corrected chi connectivity index (χ0v) is 22.8. The smallest absolute Gasteiger partial charge is 0.315 e. The average Bonchev–Trinajstić information content (AvgIpc) is 2.79. The van der Waals surface area contributed by atoms with Crippen LogP contribution in [-0.2, 0) is 14.3 Å². The molecule has 0 amide bonds. The number of carbonyl (C=O) groups excluding carboxylic acids is 2. The summed E-state index contributed by atoms with van der Waals surface area (Å²) in [6, 6.07) is 0. The molecular weight excluding hydrogens is 420 g/mol. The van der Waals surface area contributed by atoms with Crippen LogP contribution in [-0.4, -0.2) is 18.9 Å². The monoisotopic (exact) mass is 466 g/mol. The maximum atomic E-state index is 13.3. The van der Waals surface area contributed by atoms with Gasteiger partial charge in [-0.05, 0) is 96.0 Å². The molecule has 0 aliphatic heterocycles. The third kappa shape index (κ3) is 2.71. The number of allylic oxidation sites excluding steroid dienone is 3. The fourth-order valence-corrected chi connectivity index (χ4v) is 10.1. The van der Waals surface area contributed by atoms with Crippen molar-refractivity contribution < 1.29 is 14.3 Å². The van der Waals surface area contributed by atoms with E-state index >= 15 is 0 Å². The van der Waals surface area contributed by atoms with Gasteiger partial charge < -0.3 is 4.74 Å². The minimum absolute atomic E-state index is 0.0142. The number of esters is 1. The van der Waals surface area contributed by atoms with Crippen molar-refractivity contribution in [2.75, 3.05) is 7.11 Å². The summed E-state index contributed by atoms with van der Waals surface area (Å²) in [4.78, 5) is 26.3. The van der Waals surface area contributed by atoms with Gasteiger partial charge in [0.2, 0.25) is 0 Å². The van der Waals surface area contributed by atoms with E-state index in [1.165, 1.54) is 11.1 Å². The van der Waals surface area contributed by atoms with Crippen LogP contribution < -0.4 is 0 Å². The maximum absolute atomic E-state index is 13.3. The minimum Gasteiger partial charge on any atom is -0.468 e. The second-order valence-corrected chi connectivity index (χ2v) is 14.0. The Morgan fingerprint density at radius 1 is 0.971 bits per heavy atom. The molecule has 0 N–H and O–H groups in total. The number of methoxy groups -OCH3 is 1. The van der Waals surface area contributed by atoms with E-state index in [-0.39, 0.29) is 27.6 Å². The van der Waals surface area contributed by atoms with E-state index in [1.54, 1.807) is 7.11 Å². The first-order valence-corrected chi connectivity index (χ1v) is 13.8. The molecule has 3 saturated carbocycles. The fourth-order valence-electron chi connectivity index (χ4n) is 10.1. The van der Waals surface area contributed by atoms with Crippen LogP contribution in [0.15, 0.2) is 23.3 Å². The summed E-state index contributed by atoms with van der Waals surface area (Å²) < 4.78 is 5.47. The second kappa shape index (κ2) is 7.32. The Morgan fingerprint density at radius 3 is 2.35 bits per heavy atom. The molecule has 3 fully saturated rings. The van der Waals surface area contributed by atoms with Crippen molar-refractivity contribution in [3.05, 3.63) is 23.3 Å². The van der Waals surface area contributed by atoms with Crippen molar-refractivity contribution in [3.8, 4) is 0 Å². The van der Waals surface area contributed by atoms with E-state index < -0.39 is 5.41 Å². The summed E-state index contributed by atoms with van der Waals surface area (Å²) in [7, 11) is 1.57. The van der Waals surface area contributed by atoms with E-state index in [0.717, 1.165) is 44.9 Å². The molecule has 5 aliphatic rings. The van der Waals surface area contributed by atoms with Gasteiger partial charge in [0.15, 0.2) is 0 Å². The minimum atomic E-state index is -0.441. The molecule has 5 aliphatic carbocycles. The van der Waals surface area contributed by atoms with Crippen molar-refractivity contribution in [2.45, 2.75) is 99.8 Å². The summed E-state index contributed by atoms with van der Waals surface area (Å²) in [6.45, 7) is 16.7. The van der Waals surface area contributed by atoms with Gasteiger partial charge in [-0.3, -0.25) is 9.59 Å². The van der Waals surface area contributed by atoms with Crippen LogP contribution in [0.25, 0.3) is 0 Å². The summed E-state index contributed by atoms with van der Waals surface area (Å²) >= 11 is 0. The molecule has 0 spiro atoms. The molecule has 3 heteroatoms. The number of hydrogen-bond donors (Lipinski definition) is 0. The van der Waals surface area contributed by atoms with Gasteiger partial charge in [0, 0.05) is 11.8 Å². The molecule has 0 aromatic heterocycles. The molecule has 0 aromatic rings. The standard InChI is InChI=1S/C31H46O3/c1-19-11-16-31(26(33)34-8)18-17-29(6)21(25(31)20(19)2)9-10-23-28(5)14-13-24(32)27(3,4)22(28)12-15-30(23,29)7/h9-10,19-20,22-23H,11-18H2,1-8H3/t19-,20+,22+,23-,28+,29-,30-,31+/m1/s1. The van der Waals surface area contributed by atoms with Crippen LogP contribution in [0.1, 0.15) is 99.8 Å². The molecule has 5 rings (SSSR count). The van der Waals surface area contributed by atoms with Crippen molar-refractivity contribution >= 4 is 11.8 Å². The molecule has 0 aromatic carbocycles. The van der Waals surface area contributed by atoms with Gasteiger partial charge in [-0.2, -0.15) is 0 Å². The highest BCUT2D eigenvalue weighted by Gasteiger charge is 2.67. The maximum Gasteiger partial charge on any atom is 0.315 e. The van der Waals surface area contributed by atoms with E-state index in [9.17, 15) is 9.59 Å². The number of carbonyl (C=O) groups is 2. The Kier molecular flexibility index (Phi) is 5.24. The molecule has 0 saturated heterocycles. The first-order chi connectivity index (χ1) is 15.8. The highest BCUT2D eigenvalue weighted by molar-refractivity contribution is 5.85. The summed E-state index contributed by atoms with van der Waals surface area (Å²) in [5, 5.41) is 0. The zero-order valence-electron chi connectivity index (χ0n) is 22.8. The first-order valence-electron chi connectivity index (χ1n) is 13.8. The van der Waals surface area contributed by atoms with E-state index in [2.05, 4.69) is 60.6 Å². The molecule has 188 valence electrons. The predicted molar refractivity (Wildman–Crippen MR) is 136 cm³/mol. The van der Waals surface area contributed by atoms with Crippen molar-refractivity contribution in [3.63, 3.8) is 0 Å². The highest BCUT2D eigenvalue weighted by atomic mass is 16.5. The molecular formula is C31H46O3. The number of ether oxygens (including phenoxy) is 1. The van der Waals surface area contributed by atoms with E-state index in [4.69, 9.17) is 4.74 Å². The third-order valence-electron chi connectivity index (χ3n) is 12.7. The number of rotatable bonds is 1. The Hall–Kier alpha value is -1.38. The molecule has 3 nitrogen and oxygen atoms in total. The van der Waals surface area contributed by atoms with E-state index in [0.29, 0.717) is 35.9 Å². The first kappa shape index (κ1) is 24.3. The SMILES string of the molecule is COC(=O)[C@]12CC[C@@H](C)[C@H](C)C1=C1C=C[C@@H]3[C@@]4(C)CCC(=O)C(C)(C)[C@@H]4CC[C@@]3(C)[C@]1(C)CC2. The third-order valence-corrected chi connectivity index (χ3v) is 12.7. The molecule has 8 atom stereocenters. The molecule has 34 heavy (non-hydrogen) atoms. The van der Waals surface area contributed by atoms with Gasteiger partial charge in [-0.1, -0.05) is 60.6 Å². The summed E-state index contributed by atoms with van der Waals surface area (Å²) in [5.74, 6) is 2.32. The lowest BCUT2D eigenvalue weighted by Gasteiger charge is -2.68. The number of ketones is 1. The molecule has 0 heterocycles. The summed E-state index contributed by atoms with van der Waals surface area (Å²) in [5.41, 5.74) is 2.50. The lowest BCUT2D eigenvalue weighted by molar-refractivity contribution is -0.169. The van der Waals surface area contributed by atoms with Crippen molar-refractivity contribution in [2.24, 2.45) is 50.7 Å². The van der Waals surface area contributed by atoms with Crippen LogP contribution in [0.4, 0.5) is 0 Å². The van der Waals surface area contributed by atoms with Crippen LogP contribution >= 0.6 is 0 Å². The second-order valence-electron chi connectivity index (χ2n) is 14.0. The van der Waals surface area contributed by atoms with Gasteiger partial charge in [-0.15, -0.1) is 0 Å². The van der Waals surface area contributed by atoms with E-state index in [1.807, 2.05) is 0 Å². The Labute approximate surface area is 207 Å². The lowest BCUT2D eigenvalue weighted by Crippen LogP contribution is -2.62. The number of hydrogen-bond acceptors (Lipinski definition) is 3. The quantitative estimate of drug-likeness (QED) is 0.381. The number of Topliss-reactive ketones (excluding diaryl/α,β-unsaturated/α-hetero) is 1. The van der Waals surface area contributed by atoms with Crippen LogP contribution in [0.2, 0.25) is 0 Å². The molecule has 0 bridgehead atoms. The average molecular weight is 467 g/mol. The van der Waals surface area contributed by atoms with Gasteiger partial charge in [0.1, 0.15) is 5.78 Å². The highest BCUT2D eigenvalue weighted by Crippen LogP contribution is 2.73. The Bertz CT molecular complexity index is 987. The van der Waals surface area contributed by atoms with Gasteiger partial charge in [0.25, 0.3) is 0 Å². The van der Waals surface area contributed by atoms with Crippen molar-refractivity contribution in [1.29, 1.82) is 0 Å². The van der Waals surface area contributed by atoms with Gasteiger partial charge >= 0.3 is 5.97 Å². The van der Waals surface area contributed by atoms with Crippen molar-refractivity contribution in [1.82, 2.24) is 0 Å².